The second-order valence-corrected chi connectivity index (χ2v) is 10.9. The molecule has 10 nitrogen and oxygen atoms in total. The Balaban J connectivity index is 1.81. The van der Waals surface area contributed by atoms with Crippen molar-refractivity contribution in [3.8, 4) is 28.8 Å². The molecule has 0 aliphatic carbocycles. The molecule has 4 rings (SSSR count). The molecule has 1 aromatic carbocycles. The summed E-state index contributed by atoms with van der Waals surface area (Å²) < 4.78 is 45.8. The summed E-state index contributed by atoms with van der Waals surface area (Å²) in [5.74, 6) is 1.84. The van der Waals surface area contributed by atoms with Gasteiger partial charge in [-0.1, -0.05) is 13.0 Å². The third-order valence-electron chi connectivity index (χ3n) is 6.18. The fourth-order valence-corrected chi connectivity index (χ4v) is 5.48. The highest BCUT2D eigenvalue weighted by Crippen LogP contribution is 2.37. The Morgan fingerprint density at radius 1 is 0.972 bits per heavy atom. The summed E-state index contributed by atoms with van der Waals surface area (Å²) in [5.41, 5.74) is 1.85. The van der Waals surface area contributed by atoms with Gasteiger partial charge >= 0.3 is 0 Å². The van der Waals surface area contributed by atoms with Crippen molar-refractivity contribution in [3.05, 3.63) is 65.7 Å². The number of sulfone groups is 1. The largest absolute Gasteiger partial charge is 0.494 e. The maximum absolute atomic E-state index is 13.6. The van der Waals surface area contributed by atoms with E-state index in [1.54, 1.807) is 54.2 Å². The molecular formula is C25H29N5O5S. The van der Waals surface area contributed by atoms with Crippen LogP contribution in [0.2, 0.25) is 0 Å². The van der Waals surface area contributed by atoms with Crippen LogP contribution in [0.1, 0.15) is 42.7 Å². The van der Waals surface area contributed by atoms with Crippen molar-refractivity contribution in [2.45, 2.75) is 44.6 Å². The predicted octanol–water partition coefficient (Wildman–Crippen LogP) is 4.06. The molecule has 3 aromatic heterocycles. The molecule has 0 saturated carbocycles. The zero-order chi connectivity index (χ0) is 26.0. The van der Waals surface area contributed by atoms with Gasteiger partial charge in [0.2, 0.25) is 5.82 Å². The van der Waals surface area contributed by atoms with Gasteiger partial charge < -0.3 is 13.9 Å². The molecule has 0 bridgehead atoms. The Hall–Kier alpha value is -3.73. The highest BCUT2D eigenvalue weighted by molar-refractivity contribution is 7.91. The van der Waals surface area contributed by atoms with E-state index in [0.717, 1.165) is 5.69 Å². The maximum atomic E-state index is 13.6. The Labute approximate surface area is 210 Å². The molecule has 0 fully saturated rings. The van der Waals surface area contributed by atoms with Gasteiger partial charge in [-0.25, -0.2) is 8.42 Å². The van der Waals surface area contributed by atoms with Gasteiger partial charge in [0.25, 0.3) is 0 Å². The number of hydrogen-bond donors (Lipinski definition) is 0. The second kappa shape index (κ2) is 10.1. The molecule has 2 atom stereocenters. The van der Waals surface area contributed by atoms with Crippen LogP contribution >= 0.6 is 0 Å². The molecule has 0 aliphatic heterocycles. The molecule has 0 saturated heterocycles. The number of aryl methyl sites for hydroxylation is 2. The van der Waals surface area contributed by atoms with Gasteiger partial charge in [0.15, 0.2) is 21.4 Å². The van der Waals surface area contributed by atoms with E-state index >= 15 is 0 Å². The molecule has 0 spiro atoms. The van der Waals surface area contributed by atoms with Gasteiger partial charge in [0.1, 0.15) is 28.7 Å². The van der Waals surface area contributed by atoms with Crippen LogP contribution in [-0.2, 0) is 15.6 Å². The fraction of sp³-hybridized carbons (Fsp3) is 0.360. The minimum atomic E-state index is -3.71. The van der Waals surface area contributed by atoms with Gasteiger partial charge in [-0.15, -0.1) is 10.2 Å². The molecule has 190 valence electrons. The molecular weight excluding hydrogens is 482 g/mol. The van der Waals surface area contributed by atoms with Gasteiger partial charge in [0, 0.05) is 18.3 Å². The number of aromatic nitrogens is 5. The van der Waals surface area contributed by atoms with E-state index < -0.39 is 15.1 Å². The first-order valence-corrected chi connectivity index (χ1v) is 13.1. The topological polar surface area (TPSA) is 122 Å². The van der Waals surface area contributed by atoms with Crippen LogP contribution in [0.4, 0.5) is 0 Å². The minimum absolute atomic E-state index is 0.205. The summed E-state index contributed by atoms with van der Waals surface area (Å²) in [4.78, 5) is 8.63. The first kappa shape index (κ1) is 25.4. The van der Waals surface area contributed by atoms with E-state index in [9.17, 15) is 8.42 Å². The normalized spacial score (nSPS) is 13.4. The number of benzene rings is 1. The average molecular weight is 512 g/mol. The van der Waals surface area contributed by atoms with Gasteiger partial charge in [-0.05, 0) is 45.0 Å². The fourth-order valence-electron chi connectivity index (χ4n) is 3.91. The Morgan fingerprint density at radius 2 is 1.67 bits per heavy atom. The standard InChI is InChI=1S/C25H29N5O5S/c1-15-12-27-19(13-26-15)17(3)18(4)36(31,32)14-23-28-29-25(22-11-10-16(2)35-22)30(23)24-20(33-5)8-7-9-21(24)34-6/h7-13,17-18H,14H2,1-6H3/t17-,18-/m0/s1. The van der Waals surface area contributed by atoms with Crippen molar-refractivity contribution >= 4 is 9.84 Å². The number of methoxy groups -OCH3 is 2. The Morgan fingerprint density at radius 3 is 2.22 bits per heavy atom. The maximum Gasteiger partial charge on any atom is 0.204 e. The molecule has 0 N–H and O–H groups in total. The van der Waals surface area contributed by atoms with Crippen molar-refractivity contribution < 1.29 is 22.3 Å². The monoisotopic (exact) mass is 511 g/mol. The molecule has 3 heterocycles. The van der Waals surface area contributed by atoms with E-state index in [1.807, 2.05) is 20.8 Å². The molecule has 0 amide bonds. The lowest BCUT2D eigenvalue weighted by atomic mass is 10.1. The zero-order valence-corrected chi connectivity index (χ0v) is 21.9. The third-order valence-corrected chi connectivity index (χ3v) is 8.39. The van der Waals surface area contributed by atoms with E-state index in [0.29, 0.717) is 40.2 Å². The van der Waals surface area contributed by atoms with Crippen LogP contribution in [0.5, 0.6) is 11.5 Å². The average Bonchev–Trinajstić information content (AvgIpc) is 3.48. The molecule has 4 aromatic rings. The van der Waals surface area contributed by atoms with Crippen molar-refractivity contribution in [1.82, 2.24) is 24.7 Å². The van der Waals surface area contributed by atoms with Crippen molar-refractivity contribution in [2.24, 2.45) is 0 Å². The summed E-state index contributed by atoms with van der Waals surface area (Å²) in [6, 6.07) is 8.86. The van der Waals surface area contributed by atoms with Crippen molar-refractivity contribution in [2.75, 3.05) is 14.2 Å². The lowest BCUT2D eigenvalue weighted by Gasteiger charge is -2.21. The first-order valence-electron chi connectivity index (χ1n) is 11.4. The van der Waals surface area contributed by atoms with Gasteiger partial charge in [-0.2, -0.15) is 0 Å². The highest BCUT2D eigenvalue weighted by atomic mass is 32.2. The van der Waals surface area contributed by atoms with Crippen molar-refractivity contribution in [3.63, 3.8) is 0 Å². The number of rotatable bonds is 9. The van der Waals surface area contributed by atoms with Crippen LogP contribution in [0.15, 0.2) is 47.1 Å². The lowest BCUT2D eigenvalue weighted by molar-refractivity contribution is 0.390. The number of para-hydroxylation sites is 1. The quantitative estimate of drug-likeness (QED) is 0.327. The lowest BCUT2D eigenvalue weighted by Crippen LogP contribution is -2.27. The minimum Gasteiger partial charge on any atom is -0.494 e. The van der Waals surface area contributed by atoms with Gasteiger partial charge in [-0.3, -0.25) is 14.5 Å². The smallest absolute Gasteiger partial charge is 0.204 e. The van der Waals surface area contributed by atoms with Crippen molar-refractivity contribution in [1.29, 1.82) is 0 Å². The summed E-state index contributed by atoms with van der Waals surface area (Å²) in [6.45, 7) is 7.14. The predicted molar refractivity (Wildman–Crippen MR) is 134 cm³/mol. The van der Waals surface area contributed by atoms with E-state index in [1.165, 1.54) is 14.2 Å². The molecule has 11 heteroatoms. The summed E-state index contributed by atoms with van der Waals surface area (Å²) in [5, 5.41) is 7.82. The van der Waals surface area contributed by atoms with Crippen LogP contribution < -0.4 is 9.47 Å². The first-order chi connectivity index (χ1) is 17.2. The summed E-state index contributed by atoms with van der Waals surface area (Å²) in [7, 11) is -0.648. The summed E-state index contributed by atoms with van der Waals surface area (Å²) in [6.07, 6.45) is 3.25. The number of furan rings is 1. The summed E-state index contributed by atoms with van der Waals surface area (Å²) >= 11 is 0. The zero-order valence-electron chi connectivity index (χ0n) is 21.1. The van der Waals surface area contributed by atoms with Crippen LogP contribution in [0.25, 0.3) is 17.3 Å². The number of nitrogens with zero attached hydrogens (tertiary/aromatic N) is 5. The highest BCUT2D eigenvalue weighted by Gasteiger charge is 2.33. The van der Waals surface area contributed by atoms with Gasteiger partial charge in [0.05, 0.1) is 30.9 Å². The molecule has 36 heavy (non-hydrogen) atoms. The molecule has 0 radical (unpaired) electrons. The van der Waals surface area contributed by atoms with E-state index in [2.05, 4.69) is 20.2 Å². The molecule has 0 aliphatic rings. The Kier molecular flexibility index (Phi) is 7.11. The number of hydrogen-bond acceptors (Lipinski definition) is 9. The number of ether oxygens (including phenoxy) is 2. The SMILES string of the molecule is COc1cccc(OC)c1-n1c(CS(=O)(=O)[C@@H](C)[C@H](C)c2cnc(C)cn2)nnc1-c1ccc(C)o1. The Bertz CT molecular complexity index is 1440. The van der Waals surface area contributed by atoms with E-state index in [4.69, 9.17) is 13.9 Å². The third kappa shape index (κ3) is 4.83. The molecule has 0 unspecified atom stereocenters. The van der Waals surface area contributed by atoms with E-state index in [-0.39, 0.29) is 17.5 Å². The van der Waals surface area contributed by atoms with Crippen LogP contribution in [0.3, 0.4) is 0 Å². The van der Waals surface area contributed by atoms with Crippen LogP contribution in [-0.4, -0.2) is 52.6 Å². The van der Waals surface area contributed by atoms with Crippen LogP contribution in [0, 0.1) is 13.8 Å². The second-order valence-electron chi connectivity index (χ2n) is 8.58.